The van der Waals surface area contributed by atoms with E-state index in [1.54, 1.807) is 0 Å². The molecule has 0 saturated heterocycles. The fourth-order valence-electron chi connectivity index (χ4n) is 2.32. The molecule has 24 heavy (non-hydrogen) atoms. The van der Waals surface area contributed by atoms with Gasteiger partial charge in [-0.1, -0.05) is 30.3 Å². The summed E-state index contributed by atoms with van der Waals surface area (Å²) in [5.74, 6) is -0.343. The van der Waals surface area contributed by atoms with Crippen LogP contribution in [0.5, 0.6) is 5.75 Å². The van der Waals surface area contributed by atoms with Crippen molar-refractivity contribution in [1.29, 1.82) is 0 Å². The molecular formula is C19H16O4S. The number of hydrogen-bond donors (Lipinski definition) is 1. The van der Waals surface area contributed by atoms with Gasteiger partial charge in [0, 0.05) is 11.1 Å². The van der Waals surface area contributed by atoms with Gasteiger partial charge in [-0.2, -0.15) is 0 Å². The monoisotopic (exact) mass is 340 g/mol. The Morgan fingerprint density at radius 3 is 2.54 bits per heavy atom. The maximum Gasteiger partial charge on any atom is 0.303 e. The van der Waals surface area contributed by atoms with E-state index in [1.165, 1.54) is 11.3 Å². The number of hydrogen-bond acceptors (Lipinski definition) is 4. The van der Waals surface area contributed by atoms with E-state index in [1.807, 2.05) is 54.6 Å². The Morgan fingerprint density at radius 2 is 1.79 bits per heavy atom. The van der Waals surface area contributed by atoms with Gasteiger partial charge in [-0.25, -0.2) is 0 Å². The van der Waals surface area contributed by atoms with Crippen molar-refractivity contribution in [1.82, 2.24) is 0 Å². The third-order valence-corrected chi connectivity index (χ3v) is 4.72. The average Bonchev–Trinajstić information content (AvgIpc) is 3.02. The van der Waals surface area contributed by atoms with Crippen LogP contribution in [0.2, 0.25) is 0 Å². The predicted molar refractivity (Wildman–Crippen MR) is 93.8 cm³/mol. The molecular weight excluding hydrogens is 324 g/mol. The summed E-state index contributed by atoms with van der Waals surface area (Å²) < 4.78 is 6.75. The molecule has 3 rings (SSSR count). The van der Waals surface area contributed by atoms with E-state index in [2.05, 4.69) is 0 Å². The Hall–Kier alpha value is -2.66. The lowest BCUT2D eigenvalue weighted by atomic mass is 10.1. The zero-order valence-electron chi connectivity index (χ0n) is 12.9. The van der Waals surface area contributed by atoms with Gasteiger partial charge in [0.15, 0.2) is 5.78 Å². The van der Waals surface area contributed by atoms with E-state index in [0.717, 1.165) is 21.4 Å². The van der Waals surface area contributed by atoms with Crippen LogP contribution < -0.4 is 4.74 Å². The molecule has 122 valence electrons. The number of ether oxygens (including phenoxy) is 1. The topological polar surface area (TPSA) is 63.6 Å². The van der Waals surface area contributed by atoms with Gasteiger partial charge in [0.2, 0.25) is 0 Å². The molecule has 0 bridgehead atoms. The summed E-state index contributed by atoms with van der Waals surface area (Å²) in [5, 5.41) is 9.64. The molecule has 0 amide bonds. The van der Waals surface area contributed by atoms with Gasteiger partial charge in [-0.05, 0) is 35.2 Å². The molecule has 2 aromatic carbocycles. The first-order chi connectivity index (χ1) is 11.6. The van der Waals surface area contributed by atoms with Crippen molar-refractivity contribution in [3.8, 4) is 5.75 Å². The number of carboxylic acid groups (broad SMARTS) is 1. The Bertz CT molecular complexity index is 867. The van der Waals surface area contributed by atoms with Crippen LogP contribution in [0.1, 0.15) is 28.1 Å². The Morgan fingerprint density at radius 1 is 1.00 bits per heavy atom. The minimum Gasteiger partial charge on any atom is -0.489 e. The summed E-state index contributed by atoms with van der Waals surface area (Å²) in [7, 11) is 0. The van der Waals surface area contributed by atoms with Crippen LogP contribution in [-0.2, 0) is 11.4 Å². The van der Waals surface area contributed by atoms with Gasteiger partial charge in [-0.15, -0.1) is 11.3 Å². The lowest BCUT2D eigenvalue weighted by Gasteiger charge is -2.06. The molecule has 5 heteroatoms. The molecule has 0 fully saturated rings. The summed E-state index contributed by atoms with van der Waals surface area (Å²) in [6.45, 7) is 0.488. The van der Waals surface area contributed by atoms with Crippen molar-refractivity contribution < 1.29 is 19.4 Å². The van der Waals surface area contributed by atoms with Gasteiger partial charge in [-0.3, -0.25) is 9.59 Å². The second kappa shape index (κ2) is 7.27. The number of rotatable bonds is 7. The number of Topliss-reactive ketones (excluding diaryl/α,β-unsaturated/α-hetero) is 1. The normalized spacial score (nSPS) is 10.7. The highest BCUT2D eigenvalue weighted by atomic mass is 32.1. The number of carbonyl (C=O) groups is 2. The highest BCUT2D eigenvalue weighted by Gasteiger charge is 2.12. The van der Waals surface area contributed by atoms with Crippen LogP contribution in [0.4, 0.5) is 0 Å². The van der Waals surface area contributed by atoms with E-state index in [4.69, 9.17) is 9.84 Å². The lowest BCUT2D eigenvalue weighted by Crippen LogP contribution is -2.01. The summed E-state index contributed by atoms with van der Waals surface area (Å²) >= 11 is 1.37. The fourth-order valence-corrected chi connectivity index (χ4v) is 3.38. The van der Waals surface area contributed by atoms with Crippen LogP contribution in [0.3, 0.4) is 0 Å². The Kier molecular flexibility index (Phi) is 4.91. The van der Waals surface area contributed by atoms with E-state index in [-0.39, 0.29) is 18.6 Å². The van der Waals surface area contributed by atoms with Crippen molar-refractivity contribution >= 4 is 33.2 Å². The zero-order valence-corrected chi connectivity index (χ0v) is 13.7. The van der Waals surface area contributed by atoms with Gasteiger partial charge in [0.25, 0.3) is 0 Å². The zero-order chi connectivity index (χ0) is 16.9. The number of carbonyl (C=O) groups excluding carboxylic acids is 1. The molecule has 1 N–H and O–H groups in total. The molecule has 1 aromatic heterocycles. The molecule has 0 aliphatic heterocycles. The average molecular weight is 340 g/mol. The third-order valence-electron chi connectivity index (χ3n) is 3.58. The van der Waals surface area contributed by atoms with Crippen molar-refractivity contribution in [3.63, 3.8) is 0 Å². The first-order valence-corrected chi connectivity index (χ1v) is 8.39. The predicted octanol–water partition coefficient (Wildman–Crippen LogP) is 4.53. The maximum absolute atomic E-state index is 12.0. The van der Waals surface area contributed by atoms with Gasteiger partial charge in [0.1, 0.15) is 12.4 Å². The van der Waals surface area contributed by atoms with Gasteiger partial charge < -0.3 is 9.84 Å². The summed E-state index contributed by atoms with van der Waals surface area (Å²) in [5.41, 5.74) is 1.09. The molecule has 0 unspecified atom stereocenters. The Labute approximate surface area is 143 Å². The van der Waals surface area contributed by atoms with Crippen LogP contribution in [0.15, 0.2) is 54.6 Å². The van der Waals surface area contributed by atoms with Crippen LogP contribution in [0.25, 0.3) is 10.1 Å². The molecule has 4 nitrogen and oxygen atoms in total. The standard InChI is InChI=1S/C19H16O4S/c20-16(8-9-19(21)22)18-10-14-6-7-15(11-17(14)24-18)23-12-13-4-2-1-3-5-13/h1-7,10-11H,8-9,12H2,(H,21,22). The maximum atomic E-state index is 12.0. The van der Waals surface area contributed by atoms with Crippen LogP contribution >= 0.6 is 11.3 Å². The minimum atomic E-state index is -0.957. The van der Waals surface area contributed by atoms with E-state index in [9.17, 15) is 9.59 Å². The summed E-state index contributed by atoms with van der Waals surface area (Å²) in [6, 6.07) is 17.4. The van der Waals surface area contributed by atoms with Crippen LogP contribution in [-0.4, -0.2) is 16.9 Å². The number of ketones is 1. The van der Waals surface area contributed by atoms with Crippen molar-refractivity contribution in [2.75, 3.05) is 0 Å². The first-order valence-electron chi connectivity index (χ1n) is 7.57. The summed E-state index contributed by atoms with van der Waals surface area (Å²) in [4.78, 5) is 23.2. The minimum absolute atomic E-state index is 0.0273. The molecule has 0 radical (unpaired) electrons. The molecule has 1 heterocycles. The molecule has 0 aliphatic carbocycles. The van der Waals surface area contributed by atoms with Crippen LogP contribution in [0, 0.1) is 0 Å². The highest BCUT2D eigenvalue weighted by Crippen LogP contribution is 2.30. The second-order valence-electron chi connectivity index (χ2n) is 5.40. The molecule has 0 aliphatic rings. The number of thiophene rings is 1. The number of aliphatic carboxylic acids is 1. The van der Waals surface area contributed by atoms with E-state index >= 15 is 0 Å². The Balaban J connectivity index is 1.71. The summed E-state index contributed by atoms with van der Waals surface area (Å²) in [6.07, 6.45) is -0.113. The lowest BCUT2D eigenvalue weighted by molar-refractivity contribution is -0.136. The van der Waals surface area contributed by atoms with Crippen molar-refractivity contribution in [2.24, 2.45) is 0 Å². The largest absolute Gasteiger partial charge is 0.489 e. The first kappa shape index (κ1) is 16.2. The fraction of sp³-hybridized carbons (Fsp3) is 0.158. The van der Waals surface area contributed by atoms with Gasteiger partial charge >= 0.3 is 5.97 Å². The molecule has 0 saturated carbocycles. The SMILES string of the molecule is O=C(O)CCC(=O)c1cc2ccc(OCc3ccccc3)cc2s1. The number of fused-ring (bicyclic) bond motifs is 1. The quantitative estimate of drug-likeness (QED) is 0.642. The van der Waals surface area contributed by atoms with Gasteiger partial charge in [0.05, 0.1) is 11.3 Å². The highest BCUT2D eigenvalue weighted by molar-refractivity contribution is 7.20. The molecule has 0 atom stereocenters. The van der Waals surface area contributed by atoms with E-state index < -0.39 is 5.97 Å². The smallest absolute Gasteiger partial charge is 0.303 e. The molecule has 0 spiro atoms. The number of benzene rings is 2. The van der Waals surface area contributed by atoms with E-state index in [0.29, 0.717) is 11.5 Å². The van der Waals surface area contributed by atoms with Crippen molar-refractivity contribution in [3.05, 3.63) is 65.0 Å². The number of carboxylic acids is 1. The third kappa shape index (κ3) is 4.00. The second-order valence-corrected chi connectivity index (χ2v) is 6.49. The van der Waals surface area contributed by atoms with Crippen molar-refractivity contribution in [2.45, 2.75) is 19.4 Å². The molecule has 3 aromatic rings.